The first kappa shape index (κ1) is 20.0. The molecule has 2 aromatic rings. The van der Waals surface area contributed by atoms with E-state index >= 15 is 0 Å². The van der Waals surface area contributed by atoms with E-state index in [9.17, 15) is 18.0 Å². The van der Waals surface area contributed by atoms with Gasteiger partial charge in [0.25, 0.3) is 0 Å². The second-order valence-corrected chi connectivity index (χ2v) is 8.29. The lowest BCUT2D eigenvalue weighted by molar-refractivity contribution is -0.137. The third-order valence-electron chi connectivity index (χ3n) is 6.36. The molecule has 29 heavy (non-hydrogen) atoms. The number of carbonyl (C=O) groups is 1. The molecule has 1 aliphatic carbocycles. The highest BCUT2D eigenvalue weighted by Gasteiger charge is 2.58. The molecule has 1 aliphatic heterocycles. The lowest BCUT2D eigenvalue weighted by atomic mass is 9.90. The van der Waals surface area contributed by atoms with Crippen LogP contribution in [0.4, 0.5) is 13.2 Å². The maximum atomic E-state index is 12.7. The Kier molecular flexibility index (Phi) is 5.38. The van der Waals surface area contributed by atoms with Crippen molar-refractivity contribution in [2.75, 3.05) is 13.1 Å². The van der Waals surface area contributed by atoms with E-state index in [0.717, 1.165) is 55.6 Å². The van der Waals surface area contributed by atoms with Gasteiger partial charge < -0.3 is 5.32 Å². The summed E-state index contributed by atoms with van der Waals surface area (Å²) in [7, 11) is 0. The molecular formula is C23H25F3N2O. The van der Waals surface area contributed by atoms with Crippen LogP contribution in [0.15, 0.2) is 54.6 Å². The highest BCUT2D eigenvalue weighted by molar-refractivity contribution is 5.82. The van der Waals surface area contributed by atoms with Gasteiger partial charge in [-0.1, -0.05) is 42.5 Å². The fourth-order valence-corrected chi connectivity index (χ4v) is 4.39. The van der Waals surface area contributed by atoms with Crippen LogP contribution in [-0.2, 0) is 24.1 Å². The van der Waals surface area contributed by atoms with Gasteiger partial charge in [0.05, 0.1) is 5.56 Å². The molecule has 1 N–H and O–H groups in total. The number of likely N-dealkylation sites (tertiary alicyclic amines) is 1. The molecule has 2 aromatic carbocycles. The quantitative estimate of drug-likeness (QED) is 0.791. The zero-order valence-corrected chi connectivity index (χ0v) is 16.2. The molecule has 3 nitrogen and oxygen atoms in total. The van der Waals surface area contributed by atoms with E-state index < -0.39 is 11.7 Å². The van der Waals surface area contributed by atoms with Crippen LogP contribution in [0, 0.1) is 11.3 Å². The summed E-state index contributed by atoms with van der Waals surface area (Å²) in [6, 6.07) is 15.3. The Hall–Kier alpha value is -2.34. The van der Waals surface area contributed by atoms with Crippen LogP contribution in [-0.4, -0.2) is 23.9 Å². The molecule has 1 saturated heterocycles. The van der Waals surface area contributed by atoms with Crippen molar-refractivity contribution in [3.05, 3.63) is 71.3 Å². The van der Waals surface area contributed by atoms with Gasteiger partial charge in [0.1, 0.15) is 0 Å². The Balaban J connectivity index is 1.24. The summed E-state index contributed by atoms with van der Waals surface area (Å²) in [6.07, 6.45) is -1.41. The first-order valence-electron chi connectivity index (χ1n) is 10.1. The number of rotatable bonds is 5. The molecule has 2 fully saturated rings. The molecule has 1 saturated carbocycles. The minimum absolute atomic E-state index is 0.0967. The summed E-state index contributed by atoms with van der Waals surface area (Å²) in [5, 5.41) is 3.06. The molecular weight excluding hydrogens is 377 g/mol. The number of carbonyl (C=O) groups excluding carboxylic acids is 1. The average Bonchev–Trinajstić information content (AvgIpc) is 3.42. The van der Waals surface area contributed by atoms with Crippen LogP contribution < -0.4 is 5.32 Å². The number of nitrogens with zero attached hydrogens (tertiary/aromatic N) is 1. The Bertz CT molecular complexity index is 841. The zero-order chi connectivity index (χ0) is 20.5. The standard InChI is InChI=1S/C23H25F3N2O/c24-23(25,26)19-8-6-18(7-9-19)16-28-12-10-22(11-13-28)14-20(22)21(29)27-15-17-4-2-1-3-5-17/h1-9,20H,10-16H2,(H,27,29)/t20-/m1/s1. The van der Waals surface area contributed by atoms with Crippen LogP contribution in [0.1, 0.15) is 36.0 Å². The summed E-state index contributed by atoms with van der Waals surface area (Å²) >= 11 is 0. The van der Waals surface area contributed by atoms with Crippen molar-refractivity contribution < 1.29 is 18.0 Å². The summed E-state index contributed by atoms with van der Waals surface area (Å²) in [4.78, 5) is 14.8. The van der Waals surface area contributed by atoms with Crippen molar-refractivity contribution >= 4 is 5.91 Å². The van der Waals surface area contributed by atoms with Gasteiger partial charge in [-0.05, 0) is 61.0 Å². The van der Waals surface area contributed by atoms with Gasteiger partial charge in [-0.25, -0.2) is 0 Å². The number of nitrogens with one attached hydrogen (secondary N) is 1. The maximum Gasteiger partial charge on any atom is 0.416 e. The third kappa shape index (κ3) is 4.64. The van der Waals surface area contributed by atoms with E-state index in [1.807, 2.05) is 30.3 Å². The zero-order valence-electron chi connectivity index (χ0n) is 16.2. The largest absolute Gasteiger partial charge is 0.416 e. The summed E-state index contributed by atoms with van der Waals surface area (Å²) in [5.41, 5.74) is 1.50. The normalized spacial score (nSPS) is 21.1. The van der Waals surface area contributed by atoms with E-state index in [-0.39, 0.29) is 17.2 Å². The molecule has 6 heteroatoms. The number of alkyl halides is 3. The highest BCUT2D eigenvalue weighted by Crippen LogP contribution is 2.59. The Morgan fingerprint density at radius 1 is 1.00 bits per heavy atom. The number of benzene rings is 2. The number of piperidine rings is 1. The topological polar surface area (TPSA) is 32.3 Å². The summed E-state index contributed by atoms with van der Waals surface area (Å²) in [6.45, 7) is 2.97. The Morgan fingerprint density at radius 3 is 2.28 bits per heavy atom. The fourth-order valence-electron chi connectivity index (χ4n) is 4.39. The van der Waals surface area contributed by atoms with Crippen LogP contribution in [0.25, 0.3) is 0 Å². The molecule has 4 rings (SSSR count). The number of hydrogen-bond donors (Lipinski definition) is 1. The van der Waals surface area contributed by atoms with Gasteiger partial charge in [0.15, 0.2) is 0 Å². The summed E-state index contributed by atoms with van der Waals surface area (Å²) in [5.74, 6) is 0.240. The number of halogens is 3. The van der Waals surface area contributed by atoms with E-state index in [2.05, 4.69) is 10.2 Å². The van der Waals surface area contributed by atoms with Gasteiger partial charge in [-0.2, -0.15) is 13.2 Å². The lowest BCUT2D eigenvalue weighted by Crippen LogP contribution is -2.36. The molecule has 0 aromatic heterocycles. The molecule has 154 valence electrons. The van der Waals surface area contributed by atoms with Crippen molar-refractivity contribution in [3.8, 4) is 0 Å². The predicted molar refractivity (Wildman–Crippen MR) is 105 cm³/mol. The van der Waals surface area contributed by atoms with Gasteiger partial charge in [0, 0.05) is 19.0 Å². The molecule has 0 radical (unpaired) electrons. The second kappa shape index (κ2) is 7.82. The Morgan fingerprint density at radius 2 is 1.66 bits per heavy atom. The summed E-state index contributed by atoms with van der Waals surface area (Å²) < 4.78 is 38.0. The van der Waals surface area contributed by atoms with Gasteiger partial charge >= 0.3 is 6.18 Å². The van der Waals surface area contributed by atoms with Crippen molar-refractivity contribution in [1.82, 2.24) is 10.2 Å². The highest BCUT2D eigenvalue weighted by atomic mass is 19.4. The van der Waals surface area contributed by atoms with Crippen LogP contribution in [0.3, 0.4) is 0 Å². The van der Waals surface area contributed by atoms with E-state index in [1.165, 1.54) is 0 Å². The molecule has 1 amide bonds. The molecule has 1 spiro atoms. The molecule has 1 atom stereocenters. The van der Waals surface area contributed by atoms with Gasteiger partial charge in [-0.3, -0.25) is 9.69 Å². The number of hydrogen-bond acceptors (Lipinski definition) is 2. The molecule has 2 aliphatic rings. The number of amides is 1. The van der Waals surface area contributed by atoms with Gasteiger partial charge in [0.2, 0.25) is 5.91 Å². The van der Waals surface area contributed by atoms with E-state index in [1.54, 1.807) is 12.1 Å². The smallest absolute Gasteiger partial charge is 0.352 e. The van der Waals surface area contributed by atoms with Crippen molar-refractivity contribution in [2.45, 2.75) is 38.5 Å². The van der Waals surface area contributed by atoms with Crippen molar-refractivity contribution in [1.29, 1.82) is 0 Å². The van der Waals surface area contributed by atoms with Crippen molar-refractivity contribution in [3.63, 3.8) is 0 Å². The Labute approximate surface area is 168 Å². The van der Waals surface area contributed by atoms with Crippen LogP contribution >= 0.6 is 0 Å². The first-order chi connectivity index (χ1) is 13.9. The monoisotopic (exact) mass is 402 g/mol. The fraction of sp³-hybridized carbons (Fsp3) is 0.435. The molecule has 1 heterocycles. The minimum Gasteiger partial charge on any atom is -0.352 e. The SMILES string of the molecule is O=C(NCc1ccccc1)[C@H]1CC12CCN(Cc1ccc(C(F)(F)F)cc1)CC2. The molecule has 0 unspecified atom stereocenters. The molecule has 0 bridgehead atoms. The maximum absolute atomic E-state index is 12.7. The minimum atomic E-state index is -4.29. The second-order valence-electron chi connectivity index (χ2n) is 8.29. The van der Waals surface area contributed by atoms with Crippen LogP contribution in [0.2, 0.25) is 0 Å². The lowest BCUT2D eigenvalue weighted by Gasteiger charge is -2.32. The van der Waals surface area contributed by atoms with Crippen molar-refractivity contribution in [2.24, 2.45) is 11.3 Å². The average molecular weight is 402 g/mol. The van der Waals surface area contributed by atoms with Gasteiger partial charge in [-0.15, -0.1) is 0 Å². The van der Waals surface area contributed by atoms with E-state index in [4.69, 9.17) is 0 Å². The van der Waals surface area contributed by atoms with E-state index in [0.29, 0.717) is 13.1 Å². The first-order valence-corrected chi connectivity index (χ1v) is 10.1. The van der Waals surface area contributed by atoms with Crippen LogP contribution in [0.5, 0.6) is 0 Å². The third-order valence-corrected chi connectivity index (χ3v) is 6.36. The predicted octanol–water partition coefficient (Wildman–Crippen LogP) is 4.62.